The van der Waals surface area contributed by atoms with E-state index >= 15 is 0 Å². The summed E-state index contributed by atoms with van der Waals surface area (Å²) < 4.78 is 13.1. The Morgan fingerprint density at radius 3 is 2.23 bits per heavy atom. The molecule has 2 aromatic rings. The van der Waals surface area contributed by atoms with Gasteiger partial charge >= 0.3 is 6.03 Å². The molecular weight excluding hydrogens is 677 g/mol. The minimum atomic E-state index is -1.22. The van der Waals surface area contributed by atoms with Crippen LogP contribution >= 0.6 is 10.3 Å². The smallest absolute Gasteiger partial charge is 0.325 e. The van der Waals surface area contributed by atoms with Gasteiger partial charge in [0.25, 0.3) is 5.91 Å². The van der Waals surface area contributed by atoms with Crippen molar-refractivity contribution >= 4 is 40.1 Å². The van der Waals surface area contributed by atoms with Crippen molar-refractivity contribution in [1.82, 2.24) is 15.1 Å². The number of carbonyl (C=O) groups excluding carboxylic acids is 4. The number of hydrogen-bond acceptors (Lipinski definition) is 6. The summed E-state index contributed by atoms with van der Waals surface area (Å²) in [4.78, 5) is 55.6. The number of likely N-dealkylation sites (N-methyl/N-ethyl adjacent to an activating group) is 1. The van der Waals surface area contributed by atoms with E-state index in [9.17, 15) is 19.2 Å². The highest BCUT2D eigenvalue weighted by Gasteiger charge is 2.38. The SMILES string of the molecule is CNC(=O)C(CCC=O)N1Cc2cc(CN3CCN(c4ccccc4OCC4=CC=C(COS(C(C)C)(C(C)C)C(C)C)CC4)C3=O)ccc2C1=O. The van der Waals surface area contributed by atoms with Crippen LogP contribution in [0.4, 0.5) is 10.5 Å². The van der Waals surface area contributed by atoms with Crippen LogP contribution in [-0.4, -0.2) is 89.1 Å². The number of para-hydroxylation sites is 2. The fourth-order valence-electron chi connectivity index (χ4n) is 7.90. The number of aldehydes is 1. The topological polar surface area (TPSA) is 108 Å². The Hall–Kier alpha value is -4.09. The van der Waals surface area contributed by atoms with Crippen LogP contribution in [0.1, 0.15) is 88.7 Å². The molecule has 0 aromatic heterocycles. The fraction of sp³-hybridized carbons (Fsp3) is 0.512. The van der Waals surface area contributed by atoms with Crippen LogP contribution in [0.3, 0.4) is 0 Å². The molecule has 0 radical (unpaired) electrons. The van der Waals surface area contributed by atoms with E-state index in [1.165, 1.54) is 23.1 Å². The third-order valence-corrected chi connectivity index (χ3v) is 15.4. The number of urea groups is 1. The lowest BCUT2D eigenvalue weighted by atomic mass is 9.99. The Balaban J connectivity index is 1.19. The van der Waals surface area contributed by atoms with E-state index in [4.69, 9.17) is 8.92 Å². The highest BCUT2D eigenvalue weighted by Crippen LogP contribution is 2.61. The van der Waals surface area contributed by atoms with Crippen molar-refractivity contribution in [1.29, 1.82) is 0 Å². The molecule has 4 amide bonds. The summed E-state index contributed by atoms with van der Waals surface area (Å²) in [6, 6.07) is 12.5. The number of anilines is 1. The maximum absolute atomic E-state index is 13.7. The van der Waals surface area contributed by atoms with Crippen molar-refractivity contribution in [2.75, 3.05) is 38.3 Å². The fourth-order valence-corrected chi connectivity index (χ4v) is 12.3. The van der Waals surface area contributed by atoms with E-state index < -0.39 is 16.4 Å². The van der Waals surface area contributed by atoms with Crippen molar-refractivity contribution in [3.05, 3.63) is 82.5 Å². The van der Waals surface area contributed by atoms with Gasteiger partial charge in [-0.2, -0.15) is 0 Å². The minimum absolute atomic E-state index is 0.102. The molecule has 0 saturated carbocycles. The molecule has 1 unspecified atom stereocenters. The van der Waals surface area contributed by atoms with Gasteiger partial charge in [-0.1, -0.05) is 78.0 Å². The predicted molar refractivity (Wildman–Crippen MR) is 209 cm³/mol. The van der Waals surface area contributed by atoms with Crippen LogP contribution in [0, 0.1) is 0 Å². The van der Waals surface area contributed by atoms with E-state index in [0.717, 1.165) is 35.9 Å². The van der Waals surface area contributed by atoms with Gasteiger partial charge < -0.3 is 28.8 Å². The summed E-state index contributed by atoms with van der Waals surface area (Å²) in [5, 5.41) is 4.11. The number of hydrogen-bond donors (Lipinski definition) is 1. The molecule has 0 spiro atoms. The molecule has 1 atom stereocenters. The van der Waals surface area contributed by atoms with E-state index in [1.807, 2.05) is 36.4 Å². The summed E-state index contributed by atoms with van der Waals surface area (Å²) in [6.07, 6.45) is 7.44. The molecule has 282 valence electrons. The number of allylic oxidation sites excluding steroid dienone is 2. The van der Waals surface area contributed by atoms with Gasteiger partial charge in [0.15, 0.2) is 0 Å². The van der Waals surface area contributed by atoms with Crippen LogP contribution in [0.2, 0.25) is 0 Å². The van der Waals surface area contributed by atoms with Gasteiger partial charge in [0, 0.05) is 61.0 Å². The lowest BCUT2D eigenvalue weighted by Gasteiger charge is -2.50. The molecular formula is C41H56N4O6S. The van der Waals surface area contributed by atoms with E-state index in [-0.39, 0.29) is 37.2 Å². The van der Waals surface area contributed by atoms with Gasteiger partial charge in [-0.3, -0.25) is 14.5 Å². The Labute approximate surface area is 311 Å². The van der Waals surface area contributed by atoms with Crippen molar-refractivity contribution in [2.45, 2.75) is 102 Å². The lowest BCUT2D eigenvalue weighted by Crippen LogP contribution is -2.46. The Morgan fingerprint density at radius 2 is 1.60 bits per heavy atom. The third-order valence-electron chi connectivity index (χ3n) is 10.5. The Kier molecular flexibility index (Phi) is 12.9. The number of carbonyl (C=O) groups is 4. The number of nitrogens with one attached hydrogen (secondary N) is 1. The van der Waals surface area contributed by atoms with Gasteiger partial charge in [-0.25, -0.2) is 4.79 Å². The zero-order valence-corrected chi connectivity index (χ0v) is 32.7. The van der Waals surface area contributed by atoms with Crippen molar-refractivity contribution in [3.63, 3.8) is 0 Å². The monoisotopic (exact) mass is 732 g/mol. The standard InChI is InChI=1S/C41H56N4O6S/c1-28(2)52(29(3)4,30(5)6)51-27-32-16-14-31(15-17-32)26-50-38-13-9-8-11-36(38)44-21-20-43(41(44)49)24-33-18-19-35-34(23-33)25-45(40(35)48)37(12-10-22-46)39(47)42-7/h8-9,11,13-14,16,18-19,22-23,28-30,37H,10,12,15,17,20-21,24-27H2,1-7H3,(H,42,47). The largest absolute Gasteiger partial charge is 0.487 e. The van der Waals surface area contributed by atoms with Gasteiger partial charge in [-0.15, -0.1) is 10.3 Å². The molecule has 1 fully saturated rings. The molecule has 10 nitrogen and oxygen atoms in total. The number of rotatable bonds is 17. The number of nitrogens with zero attached hydrogens (tertiary/aromatic N) is 3. The lowest BCUT2D eigenvalue weighted by molar-refractivity contribution is -0.125. The second-order valence-corrected chi connectivity index (χ2v) is 19.1. The molecule has 52 heavy (non-hydrogen) atoms. The zero-order chi connectivity index (χ0) is 37.6. The quantitative estimate of drug-likeness (QED) is 0.173. The van der Waals surface area contributed by atoms with Crippen molar-refractivity contribution < 1.29 is 28.1 Å². The Morgan fingerprint density at radius 1 is 0.923 bits per heavy atom. The average molecular weight is 733 g/mol. The molecule has 3 aliphatic rings. The second-order valence-electron chi connectivity index (χ2n) is 14.7. The zero-order valence-electron chi connectivity index (χ0n) is 31.9. The first kappa shape index (κ1) is 39.1. The van der Waals surface area contributed by atoms with Crippen molar-refractivity contribution in [3.8, 4) is 5.75 Å². The molecule has 2 aliphatic heterocycles. The number of fused-ring (bicyclic) bond motifs is 1. The van der Waals surface area contributed by atoms with Gasteiger partial charge in [-0.05, 0) is 59.7 Å². The molecule has 1 saturated heterocycles. The van der Waals surface area contributed by atoms with Crippen molar-refractivity contribution in [2.24, 2.45) is 0 Å². The molecule has 0 bridgehead atoms. The van der Waals surface area contributed by atoms with Gasteiger partial charge in [0.2, 0.25) is 5.91 Å². The molecule has 5 rings (SSSR count). The molecule has 11 heteroatoms. The molecule has 1 aliphatic carbocycles. The first-order valence-electron chi connectivity index (χ1n) is 18.6. The third kappa shape index (κ3) is 8.26. The van der Waals surface area contributed by atoms with Crippen LogP contribution < -0.4 is 15.0 Å². The highest BCUT2D eigenvalue weighted by molar-refractivity contribution is 8.31. The molecule has 2 aromatic carbocycles. The van der Waals surface area contributed by atoms with Gasteiger partial charge in [0.1, 0.15) is 24.7 Å². The summed E-state index contributed by atoms with van der Waals surface area (Å²) in [7, 11) is 0.309. The second kappa shape index (κ2) is 17.2. The number of benzene rings is 2. The Bertz CT molecular complexity index is 1680. The summed E-state index contributed by atoms with van der Waals surface area (Å²) >= 11 is 0. The maximum atomic E-state index is 13.7. The van der Waals surface area contributed by atoms with E-state index in [2.05, 4.69) is 59.0 Å². The van der Waals surface area contributed by atoms with Crippen LogP contribution in [-0.2, 0) is 26.9 Å². The normalized spacial score (nSPS) is 17.2. The van der Waals surface area contributed by atoms with Crippen LogP contribution in [0.5, 0.6) is 5.75 Å². The van der Waals surface area contributed by atoms with E-state index in [0.29, 0.717) is 59.9 Å². The maximum Gasteiger partial charge on any atom is 0.325 e. The van der Waals surface area contributed by atoms with Crippen LogP contribution in [0.25, 0.3) is 0 Å². The molecule has 2 heterocycles. The highest BCUT2D eigenvalue weighted by atomic mass is 32.3. The number of ether oxygens (including phenoxy) is 1. The number of amides is 4. The first-order chi connectivity index (χ1) is 24.9. The average Bonchev–Trinajstić information content (AvgIpc) is 3.65. The molecule has 1 N–H and O–H groups in total. The first-order valence-corrected chi connectivity index (χ1v) is 20.3. The predicted octanol–water partition coefficient (Wildman–Crippen LogP) is 7.17. The summed E-state index contributed by atoms with van der Waals surface area (Å²) in [5.41, 5.74) is 5.54. The summed E-state index contributed by atoms with van der Waals surface area (Å²) in [5.74, 6) is 0.157. The summed E-state index contributed by atoms with van der Waals surface area (Å²) in [6.45, 7) is 16.7. The minimum Gasteiger partial charge on any atom is -0.487 e. The van der Waals surface area contributed by atoms with E-state index in [1.54, 1.807) is 15.9 Å². The van der Waals surface area contributed by atoms with Crippen LogP contribution in [0.15, 0.2) is 65.8 Å². The van der Waals surface area contributed by atoms with Gasteiger partial charge in [0.05, 0.1) is 12.3 Å².